The Balaban J connectivity index is 2.22. The molecule has 0 spiro atoms. The molecule has 5 heteroatoms. The molecule has 1 atom stereocenters. The largest absolute Gasteiger partial charge is 0.369 e. The summed E-state index contributed by atoms with van der Waals surface area (Å²) in [6.45, 7) is 10.3. The van der Waals surface area contributed by atoms with E-state index >= 15 is 0 Å². The number of ether oxygens (including phenoxy) is 1. The fourth-order valence-corrected chi connectivity index (χ4v) is 3.31. The van der Waals surface area contributed by atoms with Crippen LogP contribution in [0.15, 0.2) is 16.7 Å². The summed E-state index contributed by atoms with van der Waals surface area (Å²) in [5, 5.41) is 0. The van der Waals surface area contributed by atoms with E-state index in [4.69, 9.17) is 4.74 Å². The third-order valence-electron chi connectivity index (χ3n) is 3.40. The molecular formula is C15H23BrN2O2. The summed E-state index contributed by atoms with van der Waals surface area (Å²) in [6.07, 6.45) is 3.05. The first-order valence-electron chi connectivity index (χ1n) is 7.15. The smallest absolute Gasteiger partial charge is 0.270 e. The van der Waals surface area contributed by atoms with Crippen molar-refractivity contribution in [2.24, 2.45) is 0 Å². The molecular weight excluding hydrogens is 320 g/mol. The molecule has 1 saturated heterocycles. The highest BCUT2D eigenvalue weighted by Crippen LogP contribution is 2.24. The van der Waals surface area contributed by atoms with Crippen LogP contribution in [0.3, 0.4) is 0 Å². The van der Waals surface area contributed by atoms with Crippen LogP contribution < -0.4 is 0 Å². The van der Waals surface area contributed by atoms with Gasteiger partial charge in [-0.05, 0) is 49.2 Å². The molecule has 0 saturated carbocycles. The Hall–Kier alpha value is -0.810. The Kier molecular flexibility index (Phi) is 4.59. The van der Waals surface area contributed by atoms with Crippen LogP contribution in [-0.4, -0.2) is 40.2 Å². The lowest BCUT2D eigenvalue weighted by Crippen LogP contribution is -2.54. The fourth-order valence-electron chi connectivity index (χ4n) is 2.85. The number of hydrogen-bond donors (Lipinski definition) is 0. The Labute approximate surface area is 129 Å². The normalized spacial score (nSPS) is 22.1. The number of nitrogens with zero attached hydrogens (tertiary/aromatic N) is 2. The topological polar surface area (TPSA) is 34.5 Å². The predicted octanol–water partition coefficient (Wildman–Crippen LogP) is 3.30. The highest BCUT2D eigenvalue weighted by Gasteiger charge is 2.34. The zero-order valence-corrected chi connectivity index (χ0v) is 14.2. The van der Waals surface area contributed by atoms with Crippen LogP contribution in [0.25, 0.3) is 0 Å². The zero-order chi connectivity index (χ0) is 14.9. The first kappa shape index (κ1) is 15.6. The van der Waals surface area contributed by atoms with Gasteiger partial charge < -0.3 is 14.2 Å². The monoisotopic (exact) mass is 342 g/mol. The van der Waals surface area contributed by atoms with Crippen molar-refractivity contribution in [1.29, 1.82) is 0 Å². The minimum atomic E-state index is -0.285. The van der Waals surface area contributed by atoms with Crippen LogP contribution in [0.1, 0.15) is 44.6 Å². The second kappa shape index (κ2) is 5.90. The van der Waals surface area contributed by atoms with Gasteiger partial charge in [0.2, 0.25) is 0 Å². The third-order valence-corrected chi connectivity index (χ3v) is 3.84. The van der Waals surface area contributed by atoms with E-state index in [2.05, 4.69) is 22.9 Å². The summed E-state index contributed by atoms with van der Waals surface area (Å²) >= 11 is 3.46. The maximum absolute atomic E-state index is 12.8. The van der Waals surface area contributed by atoms with Gasteiger partial charge in [-0.2, -0.15) is 0 Å². The number of hydrogen-bond acceptors (Lipinski definition) is 2. The molecule has 0 N–H and O–H groups in total. The van der Waals surface area contributed by atoms with Gasteiger partial charge in [0.1, 0.15) is 5.69 Å². The maximum atomic E-state index is 12.8. The molecule has 2 heterocycles. The van der Waals surface area contributed by atoms with Crippen molar-refractivity contribution in [2.75, 3.05) is 13.1 Å². The molecule has 0 radical (unpaired) electrons. The number of morpholine rings is 1. The fraction of sp³-hybridized carbons (Fsp3) is 0.667. The number of aryl methyl sites for hydroxylation is 1. The molecule has 112 valence electrons. The van der Waals surface area contributed by atoms with Crippen molar-refractivity contribution < 1.29 is 9.53 Å². The Morgan fingerprint density at radius 1 is 1.55 bits per heavy atom. The standard InChI is InChI=1S/C15H23BrN2O2/c1-5-6-17-9-12(16)7-13(17)14(19)18-8-11(2)20-15(3,4)10-18/h7,9,11H,5-6,8,10H2,1-4H3. The number of carbonyl (C=O) groups excluding carboxylic acids is 1. The molecule has 0 bridgehead atoms. The van der Waals surface area contributed by atoms with Crippen molar-refractivity contribution in [1.82, 2.24) is 9.47 Å². The SMILES string of the molecule is CCCn1cc(Br)cc1C(=O)N1CC(C)OC(C)(C)C1. The van der Waals surface area contributed by atoms with E-state index in [0.717, 1.165) is 23.1 Å². The lowest BCUT2D eigenvalue weighted by atomic mass is 10.1. The summed E-state index contributed by atoms with van der Waals surface area (Å²) in [7, 11) is 0. The summed E-state index contributed by atoms with van der Waals surface area (Å²) in [4.78, 5) is 14.7. The van der Waals surface area contributed by atoms with Crippen LogP contribution in [0, 0.1) is 0 Å². The second-order valence-corrected chi connectivity index (χ2v) is 7.03. The lowest BCUT2D eigenvalue weighted by Gasteiger charge is -2.41. The van der Waals surface area contributed by atoms with Crippen molar-refractivity contribution in [3.8, 4) is 0 Å². The molecule has 20 heavy (non-hydrogen) atoms. The van der Waals surface area contributed by atoms with E-state index in [0.29, 0.717) is 13.1 Å². The van der Waals surface area contributed by atoms with Gasteiger partial charge in [-0.1, -0.05) is 6.92 Å². The first-order valence-corrected chi connectivity index (χ1v) is 7.94. The van der Waals surface area contributed by atoms with Gasteiger partial charge in [0.25, 0.3) is 5.91 Å². The first-order chi connectivity index (χ1) is 9.32. The maximum Gasteiger partial charge on any atom is 0.270 e. The van der Waals surface area contributed by atoms with Crippen molar-refractivity contribution in [2.45, 2.75) is 52.4 Å². The summed E-state index contributed by atoms with van der Waals surface area (Å²) in [5.74, 6) is 0.0902. The van der Waals surface area contributed by atoms with Crippen LogP contribution in [-0.2, 0) is 11.3 Å². The molecule has 1 aromatic heterocycles. The Morgan fingerprint density at radius 3 is 2.85 bits per heavy atom. The van der Waals surface area contributed by atoms with E-state index in [1.807, 2.05) is 42.5 Å². The van der Waals surface area contributed by atoms with Crippen molar-refractivity contribution in [3.63, 3.8) is 0 Å². The molecule has 1 fully saturated rings. The van der Waals surface area contributed by atoms with Crippen LogP contribution >= 0.6 is 15.9 Å². The molecule has 1 aliphatic heterocycles. The van der Waals surface area contributed by atoms with Gasteiger partial charge in [-0.25, -0.2) is 0 Å². The average Bonchev–Trinajstić information content (AvgIpc) is 2.67. The molecule has 4 nitrogen and oxygen atoms in total. The number of amides is 1. The van der Waals surface area contributed by atoms with E-state index in [1.54, 1.807) is 0 Å². The number of carbonyl (C=O) groups is 1. The van der Waals surface area contributed by atoms with Crippen LogP contribution in [0.2, 0.25) is 0 Å². The Bertz CT molecular complexity index is 496. The lowest BCUT2D eigenvalue weighted by molar-refractivity contribution is -0.119. The van der Waals surface area contributed by atoms with E-state index in [-0.39, 0.29) is 17.6 Å². The van der Waals surface area contributed by atoms with Gasteiger partial charge in [0.15, 0.2) is 0 Å². The molecule has 1 aliphatic rings. The predicted molar refractivity (Wildman–Crippen MR) is 83.0 cm³/mol. The van der Waals surface area contributed by atoms with Gasteiger partial charge in [-0.3, -0.25) is 4.79 Å². The van der Waals surface area contributed by atoms with Crippen LogP contribution in [0.5, 0.6) is 0 Å². The molecule has 0 aliphatic carbocycles. The number of aromatic nitrogens is 1. The average molecular weight is 343 g/mol. The molecule has 1 amide bonds. The van der Waals surface area contributed by atoms with E-state index in [9.17, 15) is 4.79 Å². The van der Waals surface area contributed by atoms with Gasteiger partial charge in [0.05, 0.1) is 11.7 Å². The Morgan fingerprint density at radius 2 is 2.25 bits per heavy atom. The van der Waals surface area contributed by atoms with Gasteiger partial charge in [0, 0.05) is 30.3 Å². The van der Waals surface area contributed by atoms with Gasteiger partial charge >= 0.3 is 0 Å². The molecule has 1 unspecified atom stereocenters. The summed E-state index contributed by atoms with van der Waals surface area (Å²) < 4.78 is 8.84. The van der Waals surface area contributed by atoms with Crippen molar-refractivity contribution >= 4 is 21.8 Å². The molecule has 1 aromatic rings. The number of rotatable bonds is 3. The zero-order valence-electron chi connectivity index (χ0n) is 12.6. The summed E-state index contributed by atoms with van der Waals surface area (Å²) in [6, 6.07) is 1.91. The summed E-state index contributed by atoms with van der Waals surface area (Å²) in [5.41, 5.74) is 0.468. The highest BCUT2D eigenvalue weighted by atomic mass is 79.9. The van der Waals surface area contributed by atoms with Gasteiger partial charge in [-0.15, -0.1) is 0 Å². The molecule has 0 aromatic carbocycles. The van der Waals surface area contributed by atoms with Crippen molar-refractivity contribution in [3.05, 3.63) is 22.4 Å². The minimum Gasteiger partial charge on any atom is -0.369 e. The quantitative estimate of drug-likeness (QED) is 0.844. The molecule has 2 rings (SSSR count). The minimum absolute atomic E-state index is 0.0701. The number of halogens is 1. The van der Waals surface area contributed by atoms with E-state index < -0.39 is 0 Å². The second-order valence-electron chi connectivity index (χ2n) is 6.11. The third kappa shape index (κ3) is 3.44. The van der Waals surface area contributed by atoms with Crippen LogP contribution in [0.4, 0.5) is 0 Å². The highest BCUT2D eigenvalue weighted by molar-refractivity contribution is 9.10. The van der Waals surface area contributed by atoms with E-state index in [1.165, 1.54) is 0 Å².